The molecule has 2 aromatic heterocycles. The van der Waals surface area contributed by atoms with Gasteiger partial charge < -0.3 is 5.73 Å². The molecule has 0 fully saturated rings. The second-order valence-corrected chi connectivity index (χ2v) is 7.01. The first-order valence-corrected chi connectivity index (χ1v) is 8.39. The number of rotatable bonds is 3. The van der Waals surface area contributed by atoms with Gasteiger partial charge in [-0.2, -0.15) is 0 Å². The van der Waals surface area contributed by atoms with E-state index in [2.05, 4.69) is 11.1 Å². The van der Waals surface area contributed by atoms with Crippen molar-refractivity contribution in [3.63, 3.8) is 0 Å². The Balaban J connectivity index is 1.77. The molecule has 0 aromatic carbocycles. The van der Waals surface area contributed by atoms with Crippen molar-refractivity contribution in [1.29, 1.82) is 0 Å². The maximum absolute atomic E-state index is 6.38. The Labute approximate surface area is 129 Å². The summed E-state index contributed by atoms with van der Waals surface area (Å²) < 4.78 is 0. The van der Waals surface area contributed by atoms with Crippen LogP contribution in [0.1, 0.15) is 46.2 Å². The van der Waals surface area contributed by atoms with E-state index in [-0.39, 0.29) is 6.04 Å². The molecular weight excluding hydrogens is 288 g/mol. The maximum atomic E-state index is 6.38. The lowest BCUT2D eigenvalue weighted by Gasteiger charge is -2.10. The molecule has 0 radical (unpaired) electrons. The minimum Gasteiger partial charge on any atom is -0.323 e. The molecule has 0 saturated carbocycles. The van der Waals surface area contributed by atoms with Gasteiger partial charge in [-0.05, 0) is 55.4 Å². The van der Waals surface area contributed by atoms with Crippen LogP contribution in [-0.4, -0.2) is 4.98 Å². The van der Waals surface area contributed by atoms with Gasteiger partial charge in [-0.3, -0.25) is 4.98 Å². The van der Waals surface area contributed by atoms with Crippen LogP contribution in [-0.2, 0) is 19.3 Å². The Morgan fingerprint density at radius 2 is 2.15 bits per heavy atom. The molecule has 1 aliphatic carbocycles. The Hall–Kier alpha value is -0.900. The third-order valence-electron chi connectivity index (χ3n) is 3.93. The Kier molecular flexibility index (Phi) is 4.39. The van der Waals surface area contributed by atoms with E-state index in [0.717, 1.165) is 12.0 Å². The molecule has 4 heteroatoms. The highest BCUT2D eigenvalue weighted by Crippen LogP contribution is 2.33. The van der Waals surface area contributed by atoms with E-state index in [9.17, 15) is 0 Å². The van der Waals surface area contributed by atoms with Gasteiger partial charge in [-0.15, -0.1) is 11.3 Å². The van der Waals surface area contributed by atoms with Crippen LogP contribution in [0.25, 0.3) is 0 Å². The fourth-order valence-electron chi connectivity index (χ4n) is 2.78. The minimum atomic E-state index is 0.0341. The molecule has 0 bridgehead atoms. The van der Waals surface area contributed by atoms with E-state index in [4.69, 9.17) is 17.3 Å². The zero-order valence-electron chi connectivity index (χ0n) is 11.4. The molecule has 20 heavy (non-hydrogen) atoms. The summed E-state index contributed by atoms with van der Waals surface area (Å²) in [6, 6.07) is 4.32. The Morgan fingerprint density at radius 1 is 1.30 bits per heavy atom. The van der Waals surface area contributed by atoms with E-state index >= 15 is 0 Å². The second kappa shape index (κ2) is 6.25. The SMILES string of the molecule is NC(Cc1ccncc1Cl)c1cc2c(s1)CCCCC2. The van der Waals surface area contributed by atoms with Gasteiger partial charge in [0, 0.05) is 28.2 Å². The third-order valence-corrected chi connectivity index (χ3v) is 5.64. The molecule has 1 atom stereocenters. The summed E-state index contributed by atoms with van der Waals surface area (Å²) in [7, 11) is 0. The highest BCUT2D eigenvalue weighted by molar-refractivity contribution is 7.12. The molecule has 0 aliphatic heterocycles. The highest BCUT2D eigenvalue weighted by Gasteiger charge is 2.17. The number of aromatic nitrogens is 1. The molecule has 2 heterocycles. The van der Waals surface area contributed by atoms with Crippen LogP contribution in [0.15, 0.2) is 24.5 Å². The molecule has 1 aliphatic rings. The van der Waals surface area contributed by atoms with Gasteiger partial charge in [0.05, 0.1) is 5.02 Å². The van der Waals surface area contributed by atoms with E-state index in [1.165, 1.54) is 42.5 Å². The van der Waals surface area contributed by atoms with E-state index in [1.54, 1.807) is 17.3 Å². The van der Waals surface area contributed by atoms with Crippen LogP contribution in [0.5, 0.6) is 0 Å². The van der Waals surface area contributed by atoms with Gasteiger partial charge in [0.25, 0.3) is 0 Å². The lowest BCUT2D eigenvalue weighted by molar-refractivity contribution is 0.709. The minimum absolute atomic E-state index is 0.0341. The van der Waals surface area contributed by atoms with Crippen LogP contribution in [0.4, 0.5) is 0 Å². The Morgan fingerprint density at radius 3 is 3.00 bits per heavy atom. The largest absolute Gasteiger partial charge is 0.323 e. The first kappa shape index (κ1) is 14.1. The van der Waals surface area contributed by atoms with Crippen LogP contribution in [0.2, 0.25) is 5.02 Å². The molecule has 1 unspecified atom stereocenters. The molecule has 0 amide bonds. The summed E-state index contributed by atoms with van der Waals surface area (Å²) in [6.07, 6.45) is 10.7. The molecule has 106 valence electrons. The number of aryl methyl sites for hydroxylation is 2. The molecule has 2 aromatic rings. The fraction of sp³-hybridized carbons (Fsp3) is 0.438. The van der Waals surface area contributed by atoms with Crippen molar-refractivity contribution >= 4 is 22.9 Å². The Bertz CT molecular complexity index is 570. The number of fused-ring (bicyclic) bond motifs is 1. The summed E-state index contributed by atoms with van der Waals surface area (Å²) in [5.74, 6) is 0. The smallest absolute Gasteiger partial charge is 0.0622 e. The molecular formula is C16H19ClN2S. The molecule has 2 N–H and O–H groups in total. The number of thiophene rings is 1. The van der Waals surface area contributed by atoms with Gasteiger partial charge in [-0.25, -0.2) is 0 Å². The van der Waals surface area contributed by atoms with E-state index in [1.807, 2.05) is 17.4 Å². The van der Waals surface area contributed by atoms with Crippen molar-refractivity contribution < 1.29 is 0 Å². The molecule has 2 nitrogen and oxygen atoms in total. The predicted octanol–water partition coefficient (Wildman–Crippen LogP) is 4.31. The summed E-state index contributed by atoms with van der Waals surface area (Å²) >= 11 is 8.06. The normalized spacial score (nSPS) is 16.5. The standard InChI is InChI=1S/C16H19ClN2S/c17-13-10-19-7-6-11(13)8-14(18)16-9-12-4-2-1-3-5-15(12)20-16/h6-7,9-10,14H,1-5,8,18H2. The van der Waals surface area contributed by atoms with Crippen LogP contribution in [0, 0.1) is 0 Å². The van der Waals surface area contributed by atoms with Crippen LogP contribution >= 0.6 is 22.9 Å². The van der Waals surface area contributed by atoms with Crippen molar-refractivity contribution in [2.75, 3.05) is 0 Å². The zero-order chi connectivity index (χ0) is 13.9. The van der Waals surface area contributed by atoms with Gasteiger partial charge in [-0.1, -0.05) is 18.0 Å². The predicted molar refractivity (Wildman–Crippen MR) is 85.5 cm³/mol. The first-order chi connectivity index (χ1) is 9.74. The zero-order valence-corrected chi connectivity index (χ0v) is 13.0. The average molecular weight is 307 g/mol. The quantitative estimate of drug-likeness (QED) is 0.858. The van der Waals surface area contributed by atoms with E-state index in [0.29, 0.717) is 5.02 Å². The fourth-order valence-corrected chi connectivity index (χ4v) is 4.24. The van der Waals surface area contributed by atoms with Crippen molar-refractivity contribution in [2.45, 2.75) is 44.6 Å². The maximum Gasteiger partial charge on any atom is 0.0622 e. The number of nitrogens with two attached hydrogens (primary N) is 1. The van der Waals surface area contributed by atoms with Crippen LogP contribution < -0.4 is 5.73 Å². The number of halogens is 1. The van der Waals surface area contributed by atoms with Gasteiger partial charge in [0.1, 0.15) is 0 Å². The topological polar surface area (TPSA) is 38.9 Å². The lowest BCUT2D eigenvalue weighted by Crippen LogP contribution is -2.12. The van der Waals surface area contributed by atoms with Crippen molar-refractivity contribution in [3.8, 4) is 0 Å². The second-order valence-electron chi connectivity index (χ2n) is 5.44. The first-order valence-electron chi connectivity index (χ1n) is 7.19. The van der Waals surface area contributed by atoms with Crippen molar-refractivity contribution in [1.82, 2.24) is 4.98 Å². The highest BCUT2D eigenvalue weighted by atomic mass is 35.5. The molecule has 0 spiro atoms. The summed E-state index contributed by atoms with van der Waals surface area (Å²) in [5, 5.41) is 0.709. The average Bonchev–Trinajstić information content (AvgIpc) is 2.73. The monoisotopic (exact) mass is 306 g/mol. The molecule has 3 rings (SSSR count). The van der Waals surface area contributed by atoms with E-state index < -0.39 is 0 Å². The summed E-state index contributed by atoms with van der Waals surface area (Å²) in [5.41, 5.74) is 8.99. The van der Waals surface area contributed by atoms with Crippen molar-refractivity contribution in [2.24, 2.45) is 5.73 Å². The van der Waals surface area contributed by atoms with Gasteiger partial charge >= 0.3 is 0 Å². The number of hydrogen-bond donors (Lipinski definition) is 1. The number of hydrogen-bond acceptors (Lipinski definition) is 3. The van der Waals surface area contributed by atoms with Gasteiger partial charge in [0.15, 0.2) is 0 Å². The number of pyridine rings is 1. The number of nitrogens with zero attached hydrogens (tertiary/aromatic N) is 1. The molecule has 0 saturated heterocycles. The lowest BCUT2D eigenvalue weighted by atomic mass is 10.0. The van der Waals surface area contributed by atoms with Crippen molar-refractivity contribution in [3.05, 3.63) is 50.4 Å². The van der Waals surface area contributed by atoms with Crippen LogP contribution in [0.3, 0.4) is 0 Å². The summed E-state index contributed by atoms with van der Waals surface area (Å²) in [6.45, 7) is 0. The third kappa shape index (κ3) is 3.05. The van der Waals surface area contributed by atoms with Gasteiger partial charge in [0.2, 0.25) is 0 Å². The summed E-state index contributed by atoms with van der Waals surface area (Å²) in [4.78, 5) is 6.86.